The number of nitrogens with zero attached hydrogens (tertiary/aromatic N) is 5. The van der Waals surface area contributed by atoms with Gasteiger partial charge in [-0.1, -0.05) is 25.3 Å². The average Bonchev–Trinajstić information content (AvgIpc) is 3.47. The summed E-state index contributed by atoms with van der Waals surface area (Å²) in [5.41, 5.74) is 3.48. The summed E-state index contributed by atoms with van der Waals surface area (Å²) in [7, 11) is 1.68. The highest BCUT2D eigenvalue weighted by molar-refractivity contribution is 5.84. The third-order valence-corrected chi connectivity index (χ3v) is 8.22. The van der Waals surface area contributed by atoms with E-state index in [9.17, 15) is 4.79 Å². The zero-order valence-electron chi connectivity index (χ0n) is 22.6. The van der Waals surface area contributed by atoms with Crippen LogP contribution in [0.15, 0.2) is 24.5 Å². The van der Waals surface area contributed by atoms with Gasteiger partial charge in [-0.3, -0.25) is 0 Å². The van der Waals surface area contributed by atoms with Crippen molar-refractivity contribution in [3.8, 4) is 5.75 Å². The number of amides is 2. The van der Waals surface area contributed by atoms with E-state index >= 15 is 0 Å². The van der Waals surface area contributed by atoms with Crippen molar-refractivity contribution >= 4 is 34.6 Å². The van der Waals surface area contributed by atoms with Crippen molar-refractivity contribution < 1.29 is 14.3 Å². The van der Waals surface area contributed by atoms with Gasteiger partial charge in [-0.2, -0.15) is 9.97 Å². The van der Waals surface area contributed by atoms with Crippen molar-refractivity contribution in [2.45, 2.75) is 56.9 Å². The number of H-pyrrole nitrogens is 1. The van der Waals surface area contributed by atoms with Crippen molar-refractivity contribution in [1.29, 1.82) is 0 Å². The Morgan fingerprint density at radius 1 is 1.03 bits per heavy atom. The first-order valence-corrected chi connectivity index (χ1v) is 14.2. The standard InChI is InChI=1S/C28H38N8O3/c1-38-23-17-20(19-9-11-35(12-10-19)28(37)36-13-15-39-16-14-36)7-8-22(23)32-27-33-25-24(29-18-30-25)26(34-27)31-21-5-3-2-4-6-21/h7-8,17-19,21H,2-6,9-16H2,1H3,(H3,29,30,31,32,33,34). The number of likely N-dealkylation sites (tertiary alicyclic amines) is 1. The van der Waals surface area contributed by atoms with Crippen LogP contribution in [0.25, 0.3) is 11.2 Å². The molecule has 3 fully saturated rings. The molecule has 2 saturated heterocycles. The molecule has 0 atom stereocenters. The molecule has 11 heteroatoms. The van der Waals surface area contributed by atoms with Gasteiger partial charge in [0.05, 0.1) is 32.3 Å². The molecule has 6 rings (SSSR count). The number of anilines is 3. The van der Waals surface area contributed by atoms with Crippen LogP contribution in [0.4, 0.5) is 22.2 Å². The molecule has 0 spiro atoms. The first-order chi connectivity index (χ1) is 19.2. The van der Waals surface area contributed by atoms with Crippen molar-refractivity contribution in [1.82, 2.24) is 29.7 Å². The van der Waals surface area contributed by atoms with Gasteiger partial charge < -0.3 is 34.9 Å². The monoisotopic (exact) mass is 534 g/mol. The molecule has 11 nitrogen and oxygen atoms in total. The van der Waals surface area contributed by atoms with Crippen LogP contribution in [0.2, 0.25) is 0 Å². The van der Waals surface area contributed by atoms with Crippen LogP contribution in [0, 0.1) is 0 Å². The van der Waals surface area contributed by atoms with E-state index in [0.29, 0.717) is 49.9 Å². The lowest BCUT2D eigenvalue weighted by molar-refractivity contribution is 0.0411. The van der Waals surface area contributed by atoms with Crippen LogP contribution in [0.3, 0.4) is 0 Å². The molecule has 2 aliphatic heterocycles. The van der Waals surface area contributed by atoms with E-state index in [2.05, 4.69) is 37.7 Å². The Labute approximate surface area is 228 Å². The fourth-order valence-corrected chi connectivity index (χ4v) is 5.98. The summed E-state index contributed by atoms with van der Waals surface area (Å²) in [6, 6.07) is 6.83. The topological polar surface area (TPSA) is 121 Å². The van der Waals surface area contributed by atoms with E-state index in [4.69, 9.17) is 14.5 Å². The minimum absolute atomic E-state index is 0.139. The molecule has 1 aliphatic carbocycles. The molecule has 2 aromatic heterocycles. The van der Waals surface area contributed by atoms with Crippen LogP contribution in [-0.2, 0) is 4.74 Å². The lowest BCUT2D eigenvalue weighted by Gasteiger charge is -2.37. The number of nitrogens with one attached hydrogen (secondary N) is 3. The second kappa shape index (κ2) is 11.6. The number of piperidine rings is 1. The van der Waals surface area contributed by atoms with Crippen LogP contribution < -0.4 is 15.4 Å². The van der Waals surface area contributed by atoms with Crippen LogP contribution in [0.5, 0.6) is 5.75 Å². The van der Waals surface area contributed by atoms with Gasteiger partial charge in [0.1, 0.15) is 11.3 Å². The van der Waals surface area contributed by atoms with Crippen molar-refractivity contribution in [2.75, 3.05) is 57.1 Å². The Morgan fingerprint density at radius 3 is 2.56 bits per heavy atom. The summed E-state index contributed by atoms with van der Waals surface area (Å²) >= 11 is 0. The van der Waals surface area contributed by atoms with Crippen molar-refractivity contribution in [2.24, 2.45) is 0 Å². The number of ether oxygens (including phenoxy) is 2. The van der Waals surface area contributed by atoms with Crippen molar-refractivity contribution in [3.05, 3.63) is 30.1 Å². The number of benzene rings is 1. The van der Waals surface area contributed by atoms with E-state index in [0.717, 1.165) is 61.5 Å². The molecule has 39 heavy (non-hydrogen) atoms. The molecular weight excluding hydrogens is 496 g/mol. The molecule has 4 heterocycles. The number of morpholine rings is 1. The average molecular weight is 535 g/mol. The van der Waals surface area contributed by atoms with Gasteiger partial charge in [-0.05, 0) is 49.3 Å². The molecule has 0 unspecified atom stereocenters. The van der Waals surface area contributed by atoms with Gasteiger partial charge in [-0.25, -0.2) is 9.78 Å². The third-order valence-electron chi connectivity index (χ3n) is 8.22. The summed E-state index contributed by atoms with van der Waals surface area (Å²) in [5, 5.41) is 6.98. The summed E-state index contributed by atoms with van der Waals surface area (Å²) in [5.74, 6) is 2.38. The van der Waals surface area contributed by atoms with Gasteiger partial charge in [-0.15, -0.1) is 0 Å². The van der Waals surface area contributed by atoms with E-state index < -0.39 is 0 Å². The number of methoxy groups -OCH3 is 1. The first kappa shape index (κ1) is 25.7. The Bertz CT molecular complexity index is 1280. The Kier molecular flexibility index (Phi) is 7.67. The number of carbonyl (C=O) groups excluding carboxylic acids is 1. The molecule has 3 aliphatic rings. The minimum atomic E-state index is 0.139. The predicted molar refractivity (Wildman–Crippen MR) is 150 cm³/mol. The maximum absolute atomic E-state index is 12.9. The number of urea groups is 1. The van der Waals surface area contributed by atoms with E-state index in [1.54, 1.807) is 13.4 Å². The third kappa shape index (κ3) is 5.73. The highest BCUT2D eigenvalue weighted by Gasteiger charge is 2.28. The predicted octanol–water partition coefficient (Wildman–Crippen LogP) is 4.48. The number of aromatic amines is 1. The molecule has 1 aromatic carbocycles. The smallest absolute Gasteiger partial charge is 0.320 e. The molecule has 208 valence electrons. The maximum Gasteiger partial charge on any atom is 0.320 e. The fourth-order valence-electron chi connectivity index (χ4n) is 5.98. The van der Waals surface area contributed by atoms with Crippen LogP contribution >= 0.6 is 0 Å². The summed E-state index contributed by atoms with van der Waals surface area (Å²) in [6.45, 7) is 4.14. The number of rotatable bonds is 6. The van der Waals surface area contributed by atoms with Gasteiger partial charge in [0.2, 0.25) is 5.95 Å². The minimum Gasteiger partial charge on any atom is -0.495 e. The molecular formula is C28H38N8O3. The van der Waals surface area contributed by atoms with Crippen LogP contribution in [-0.4, -0.2) is 88.3 Å². The maximum atomic E-state index is 12.9. The summed E-state index contributed by atoms with van der Waals surface area (Å²) < 4.78 is 11.2. The molecule has 3 aromatic rings. The lowest BCUT2D eigenvalue weighted by Crippen LogP contribution is -2.50. The summed E-state index contributed by atoms with van der Waals surface area (Å²) in [4.78, 5) is 33.7. The summed E-state index contributed by atoms with van der Waals surface area (Å²) in [6.07, 6.45) is 9.61. The highest BCUT2D eigenvalue weighted by Crippen LogP contribution is 2.35. The number of carbonyl (C=O) groups is 1. The zero-order valence-corrected chi connectivity index (χ0v) is 22.6. The van der Waals surface area contributed by atoms with E-state index in [1.165, 1.54) is 24.8 Å². The largest absolute Gasteiger partial charge is 0.495 e. The van der Waals surface area contributed by atoms with E-state index in [1.807, 2.05) is 15.9 Å². The first-order valence-electron chi connectivity index (χ1n) is 14.2. The van der Waals surface area contributed by atoms with Crippen molar-refractivity contribution in [3.63, 3.8) is 0 Å². The van der Waals surface area contributed by atoms with Gasteiger partial charge in [0.15, 0.2) is 11.5 Å². The number of imidazole rings is 1. The molecule has 0 bridgehead atoms. The van der Waals surface area contributed by atoms with Crippen LogP contribution in [0.1, 0.15) is 56.4 Å². The number of hydrogen-bond donors (Lipinski definition) is 3. The quantitative estimate of drug-likeness (QED) is 0.423. The Hall–Kier alpha value is -3.60. The number of fused-ring (bicyclic) bond motifs is 1. The van der Waals surface area contributed by atoms with Gasteiger partial charge in [0, 0.05) is 32.2 Å². The Balaban J connectivity index is 1.14. The zero-order chi connectivity index (χ0) is 26.6. The Morgan fingerprint density at radius 2 is 1.79 bits per heavy atom. The second-order valence-corrected chi connectivity index (χ2v) is 10.7. The van der Waals surface area contributed by atoms with Gasteiger partial charge in [0.25, 0.3) is 0 Å². The van der Waals surface area contributed by atoms with E-state index in [-0.39, 0.29) is 6.03 Å². The molecule has 3 N–H and O–H groups in total. The number of aromatic nitrogens is 4. The normalized spacial score (nSPS) is 19.3. The van der Waals surface area contributed by atoms with Gasteiger partial charge >= 0.3 is 6.03 Å². The molecule has 1 saturated carbocycles. The lowest BCUT2D eigenvalue weighted by atomic mass is 9.89. The molecule has 0 radical (unpaired) electrons. The second-order valence-electron chi connectivity index (χ2n) is 10.7. The number of hydrogen-bond acceptors (Lipinski definition) is 8. The fraction of sp³-hybridized carbons (Fsp3) is 0.571. The highest BCUT2D eigenvalue weighted by atomic mass is 16.5. The SMILES string of the molecule is COc1cc(C2CCN(C(=O)N3CCOCC3)CC2)ccc1Nc1nc(NC2CCCCC2)c2[nH]cnc2n1. The molecule has 2 amide bonds.